The van der Waals surface area contributed by atoms with Crippen LogP contribution < -0.4 is 0 Å². The van der Waals surface area contributed by atoms with Gasteiger partial charge in [0.1, 0.15) is 6.04 Å². The summed E-state index contributed by atoms with van der Waals surface area (Å²) in [6.45, 7) is 2.38. The minimum atomic E-state index is -4.51. The SMILES string of the molecule is Cc1cccc(-c2noc([C@H]3CCCCN3C(=O)c3cccc(C(F)(F)F)c3)n2)c1. The number of amides is 1. The van der Waals surface area contributed by atoms with Gasteiger partial charge in [-0.2, -0.15) is 18.2 Å². The monoisotopic (exact) mass is 415 g/mol. The number of hydrogen-bond acceptors (Lipinski definition) is 4. The highest BCUT2D eigenvalue weighted by atomic mass is 19.4. The van der Waals surface area contributed by atoms with Gasteiger partial charge in [-0.1, -0.05) is 35.0 Å². The third-order valence-electron chi connectivity index (χ3n) is 5.20. The first-order chi connectivity index (χ1) is 14.3. The molecule has 8 heteroatoms. The molecule has 0 aliphatic carbocycles. The minimum absolute atomic E-state index is 0.00449. The molecule has 1 aromatic heterocycles. The number of nitrogens with zero attached hydrogens (tertiary/aromatic N) is 3. The number of carbonyl (C=O) groups is 1. The third kappa shape index (κ3) is 4.08. The lowest BCUT2D eigenvalue weighted by molar-refractivity contribution is -0.137. The minimum Gasteiger partial charge on any atom is -0.337 e. The Balaban J connectivity index is 1.62. The van der Waals surface area contributed by atoms with Crippen LogP contribution in [0.25, 0.3) is 11.4 Å². The number of carbonyl (C=O) groups excluding carboxylic acids is 1. The van der Waals surface area contributed by atoms with E-state index in [9.17, 15) is 18.0 Å². The first-order valence-electron chi connectivity index (χ1n) is 9.72. The number of aromatic nitrogens is 2. The Bertz CT molecular complexity index is 1060. The van der Waals surface area contributed by atoms with Gasteiger partial charge in [-0.05, 0) is 50.5 Å². The Morgan fingerprint density at radius 2 is 1.93 bits per heavy atom. The van der Waals surface area contributed by atoms with E-state index in [-0.39, 0.29) is 5.56 Å². The maximum atomic E-state index is 13.1. The number of hydrogen-bond donors (Lipinski definition) is 0. The quantitative estimate of drug-likeness (QED) is 0.572. The molecule has 2 heterocycles. The Kier molecular flexibility index (Phi) is 5.32. The number of piperidine rings is 1. The summed E-state index contributed by atoms with van der Waals surface area (Å²) in [5.41, 5.74) is 1.01. The molecule has 0 bridgehead atoms. The summed E-state index contributed by atoms with van der Waals surface area (Å²) < 4.78 is 44.6. The van der Waals surface area contributed by atoms with Gasteiger partial charge in [0, 0.05) is 17.7 Å². The van der Waals surface area contributed by atoms with E-state index in [1.165, 1.54) is 17.0 Å². The lowest BCUT2D eigenvalue weighted by Crippen LogP contribution is -2.38. The van der Waals surface area contributed by atoms with Gasteiger partial charge in [0.2, 0.25) is 11.7 Å². The summed E-state index contributed by atoms with van der Waals surface area (Å²) in [4.78, 5) is 19.1. The number of benzene rings is 2. The molecule has 0 N–H and O–H groups in total. The zero-order valence-electron chi connectivity index (χ0n) is 16.3. The molecule has 0 unspecified atom stereocenters. The molecule has 0 saturated carbocycles. The summed E-state index contributed by atoms with van der Waals surface area (Å²) in [5.74, 6) is 0.248. The normalized spacial score (nSPS) is 17.2. The molecule has 4 rings (SSSR count). The van der Waals surface area contributed by atoms with Crippen LogP contribution in [0.3, 0.4) is 0 Å². The zero-order chi connectivity index (χ0) is 21.3. The molecule has 1 atom stereocenters. The second-order valence-corrected chi connectivity index (χ2v) is 7.41. The predicted molar refractivity (Wildman–Crippen MR) is 104 cm³/mol. The summed E-state index contributed by atoms with van der Waals surface area (Å²) in [6.07, 6.45) is -2.27. The van der Waals surface area contributed by atoms with Crippen molar-refractivity contribution in [2.75, 3.05) is 6.54 Å². The zero-order valence-corrected chi connectivity index (χ0v) is 16.3. The van der Waals surface area contributed by atoms with Crippen LogP contribution in [-0.2, 0) is 6.18 Å². The molecule has 30 heavy (non-hydrogen) atoms. The Morgan fingerprint density at radius 3 is 2.70 bits per heavy atom. The highest BCUT2D eigenvalue weighted by molar-refractivity contribution is 5.94. The van der Waals surface area contributed by atoms with Crippen LogP contribution >= 0.6 is 0 Å². The van der Waals surface area contributed by atoms with Gasteiger partial charge in [0.15, 0.2) is 0 Å². The van der Waals surface area contributed by atoms with E-state index >= 15 is 0 Å². The highest BCUT2D eigenvalue weighted by Crippen LogP contribution is 2.34. The third-order valence-corrected chi connectivity index (χ3v) is 5.20. The second kappa shape index (κ2) is 7.93. The van der Waals surface area contributed by atoms with E-state index in [0.717, 1.165) is 36.1 Å². The van der Waals surface area contributed by atoms with E-state index in [1.807, 2.05) is 31.2 Å². The molecule has 1 fully saturated rings. The largest absolute Gasteiger partial charge is 0.416 e. The Labute approximate surface area is 171 Å². The Hall–Kier alpha value is -3.16. The standard InChI is InChI=1S/C22H20F3N3O2/c1-14-6-4-7-15(12-14)19-26-20(30-27-19)18-10-2-3-11-28(18)21(29)16-8-5-9-17(13-16)22(23,24)25/h4-9,12-13,18H,2-3,10-11H2,1H3/t18-/m1/s1. The van der Waals surface area contributed by atoms with Gasteiger partial charge in [-0.15, -0.1) is 0 Å². The van der Waals surface area contributed by atoms with Gasteiger partial charge >= 0.3 is 6.18 Å². The highest BCUT2D eigenvalue weighted by Gasteiger charge is 2.35. The van der Waals surface area contributed by atoms with E-state index in [0.29, 0.717) is 24.7 Å². The summed E-state index contributed by atoms with van der Waals surface area (Å²) in [6, 6.07) is 11.7. The molecule has 1 aliphatic rings. The number of aryl methyl sites for hydroxylation is 1. The van der Waals surface area contributed by atoms with Gasteiger partial charge in [-0.25, -0.2) is 0 Å². The van der Waals surface area contributed by atoms with Gasteiger partial charge in [0.25, 0.3) is 5.91 Å². The molecule has 0 spiro atoms. The average molecular weight is 415 g/mol. The molecule has 0 radical (unpaired) electrons. The fourth-order valence-electron chi connectivity index (χ4n) is 3.70. The lowest BCUT2D eigenvalue weighted by atomic mass is 10.00. The fourth-order valence-corrected chi connectivity index (χ4v) is 3.70. The van der Waals surface area contributed by atoms with Crippen molar-refractivity contribution in [2.45, 2.75) is 38.4 Å². The molecule has 2 aromatic carbocycles. The molecular weight excluding hydrogens is 395 g/mol. The smallest absolute Gasteiger partial charge is 0.337 e. The number of likely N-dealkylation sites (tertiary alicyclic amines) is 1. The second-order valence-electron chi connectivity index (χ2n) is 7.41. The maximum absolute atomic E-state index is 13.1. The van der Waals surface area contributed by atoms with Crippen molar-refractivity contribution in [2.24, 2.45) is 0 Å². The fraction of sp³-hybridized carbons (Fsp3) is 0.318. The van der Waals surface area contributed by atoms with Crippen LogP contribution in [0.2, 0.25) is 0 Å². The molecular formula is C22H20F3N3O2. The predicted octanol–water partition coefficient (Wildman–Crippen LogP) is 5.43. The van der Waals surface area contributed by atoms with Crippen LogP contribution in [-0.4, -0.2) is 27.5 Å². The van der Waals surface area contributed by atoms with Gasteiger partial charge in [-0.3, -0.25) is 4.79 Å². The number of halogens is 3. The van der Waals surface area contributed by atoms with Crippen molar-refractivity contribution in [1.29, 1.82) is 0 Å². The van der Waals surface area contributed by atoms with E-state index in [2.05, 4.69) is 10.1 Å². The van der Waals surface area contributed by atoms with Crippen molar-refractivity contribution in [3.63, 3.8) is 0 Å². The summed E-state index contributed by atoms with van der Waals surface area (Å²) >= 11 is 0. The van der Waals surface area contributed by atoms with Crippen molar-refractivity contribution in [3.05, 3.63) is 71.1 Å². The van der Waals surface area contributed by atoms with Crippen LogP contribution in [0.15, 0.2) is 53.1 Å². The van der Waals surface area contributed by atoms with Crippen LogP contribution in [0.5, 0.6) is 0 Å². The number of alkyl halides is 3. The molecule has 5 nitrogen and oxygen atoms in total. The Morgan fingerprint density at radius 1 is 1.13 bits per heavy atom. The maximum Gasteiger partial charge on any atom is 0.416 e. The molecule has 1 saturated heterocycles. The van der Waals surface area contributed by atoms with Gasteiger partial charge in [0.05, 0.1) is 5.56 Å². The van der Waals surface area contributed by atoms with Crippen molar-refractivity contribution in [3.8, 4) is 11.4 Å². The van der Waals surface area contributed by atoms with Crippen molar-refractivity contribution >= 4 is 5.91 Å². The van der Waals surface area contributed by atoms with Crippen LogP contribution in [0.1, 0.15) is 52.7 Å². The molecule has 1 aliphatic heterocycles. The van der Waals surface area contributed by atoms with E-state index in [1.54, 1.807) is 0 Å². The first kappa shape index (κ1) is 20.1. The first-order valence-corrected chi connectivity index (χ1v) is 9.72. The van der Waals surface area contributed by atoms with Crippen molar-refractivity contribution < 1.29 is 22.5 Å². The molecule has 156 valence electrons. The van der Waals surface area contributed by atoms with Crippen molar-refractivity contribution in [1.82, 2.24) is 15.0 Å². The molecule has 3 aromatic rings. The topological polar surface area (TPSA) is 59.2 Å². The van der Waals surface area contributed by atoms with Crippen LogP contribution in [0.4, 0.5) is 13.2 Å². The van der Waals surface area contributed by atoms with Crippen LogP contribution in [0, 0.1) is 6.92 Å². The average Bonchev–Trinajstić information content (AvgIpc) is 3.23. The lowest BCUT2D eigenvalue weighted by Gasteiger charge is -2.33. The van der Waals surface area contributed by atoms with E-state index < -0.39 is 23.7 Å². The molecule has 1 amide bonds. The summed E-state index contributed by atoms with van der Waals surface area (Å²) in [5, 5.41) is 4.04. The number of rotatable bonds is 3. The van der Waals surface area contributed by atoms with Gasteiger partial charge < -0.3 is 9.42 Å². The van der Waals surface area contributed by atoms with E-state index in [4.69, 9.17) is 4.52 Å². The summed E-state index contributed by atoms with van der Waals surface area (Å²) in [7, 11) is 0.